The normalized spacial score (nSPS) is 19.3. The molecular weight excluding hydrogens is 279 g/mol. The van der Waals surface area contributed by atoms with Gasteiger partial charge >= 0.3 is 5.97 Å². The van der Waals surface area contributed by atoms with Crippen molar-refractivity contribution in [2.45, 2.75) is 6.42 Å². The number of aromatic nitrogens is 1. The second kappa shape index (κ2) is 5.12. The Morgan fingerprint density at radius 3 is 2.83 bits per heavy atom. The molecule has 18 heavy (non-hydrogen) atoms. The summed E-state index contributed by atoms with van der Waals surface area (Å²) in [6, 6.07) is 2.72. The highest BCUT2D eigenvalue weighted by Crippen LogP contribution is 2.28. The lowest BCUT2D eigenvalue weighted by Gasteiger charge is -2.17. The van der Waals surface area contributed by atoms with E-state index in [1.165, 1.54) is 17.0 Å². The zero-order valence-electron chi connectivity index (χ0n) is 9.27. The van der Waals surface area contributed by atoms with E-state index in [1.54, 1.807) is 0 Å². The fraction of sp³-hybridized carbons (Fsp3) is 0.364. The van der Waals surface area contributed by atoms with E-state index in [4.69, 9.17) is 28.3 Å². The van der Waals surface area contributed by atoms with Crippen molar-refractivity contribution in [1.82, 2.24) is 4.98 Å². The van der Waals surface area contributed by atoms with E-state index in [9.17, 15) is 9.59 Å². The Morgan fingerprint density at radius 1 is 1.56 bits per heavy atom. The van der Waals surface area contributed by atoms with Crippen molar-refractivity contribution in [3.63, 3.8) is 0 Å². The lowest BCUT2D eigenvalue weighted by Crippen LogP contribution is -2.27. The van der Waals surface area contributed by atoms with Crippen molar-refractivity contribution in [2.24, 2.45) is 5.92 Å². The minimum atomic E-state index is -1.14. The van der Waals surface area contributed by atoms with Crippen LogP contribution in [0.5, 0.6) is 0 Å². The van der Waals surface area contributed by atoms with Crippen LogP contribution >= 0.6 is 23.2 Å². The summed E-state index contributed by atoms with van der Waals surface area (Å²) in [7, 11) is 0. The molecule has 7 heteroatoms. The Kier molecular flexibility index (Phi) is 3.73. The van der Waals surface area contributed by atoms with E-state index in [1.807, 2.05) is 0 Å². The van der Waals surface area contributed by atoms with E-state index in [-0.39, 0.29) is 28.4 Å². The summed E-state index contributed by atoms with van der Waals surface area (Å²) in [5.74, 6) is -0.867. The Labute approximate surface area is 113 Å². The Balaban J connectivity index is 2.41. The van der Waals surface area contributed by atoms with Gasteiger partial charge in [-0.3, -0.25) is 9.69 Å². The van der Waals surface area contributed by atoms with E-state index >= 15 is 0 Å². The van der Waals surface area contributed by atoms with Gasteiger partial charge < -0.3 is 5.11 Å². The van der Waals surface area contributed by atoms with E-state index in [0.717, 1.165) is 0 Å². The predicted molar refractivity (Wildman–Crippen MR) is 67.4 cm³/mol. The lowest BCUT2D eigenvalue weighted by atomic mass is 10.1. The smallest absolute Gasteiger partial charge is 0.339 e. The first-order chi connectivity index (χ1) is 8.52. The van der Waals surface area contributed by atoms with Crippen molar-refractivity contribution < 1.29 is 14.7 Å². The van der Waals surface area contributed by atoms with Gasteiger partial charge in [0.25, 0.3) is 0 Å². The molecule has 0 aliphatic carbocycles. The molecule has 0 bridgehead atoms. The molecule has 0 radical (unpaired) electrons. The number of nitrogens with zero attached hydrogens (tertiary/aromatic N) is 2. The van der Waals surface area contributed by atoms with Crippen LogP contribution in [0.2, 0.25) is 5.15 Å². The lowest BCUT2D eigenvalue weighted by molar-refractivity contribution is -0.117. The second-order valence-corrected chi connectivity index (χ2v) is 4.73. The number of carboxylic acids is 1. The molecule has 1 atom stereocenters. The summed E-state index contributed by atoms with van der Waals surface area (Å²) in [5, 5.41) is 9.23. The average Bonchev–Trinajstić information content (AvgIpc) is 2.70. The third-order valence-electron chi connectivity index (χ3n) is 2.75. The van der Waals surface area contributed by atoms with Crippen LogP contribution < -0.4 is 4.90 Å². The largest absolute Gasteiger partial charge is 0.478 e. The third kappa shape index (κ3) is 2.42. The van der Waals surface area contributed by atoms with Gasteiger partial charge in [0.05, 0.1) is 0 Å². The van der Waals surface area contributed by atoms with Crippen molar-refractivity contribution in [3.05, 3.63) is 22.8 Å². The van der Waals surface area contributed by atoms with Gasteiger partial charge in [0, 0.05) is 18.8 Å². The zero-order chi connectivity index (χ0) is 13.3. The van der Waals surface area contributed by atoms with Gasteiger partial charge in [-0.2, -0.15) is 0 Å². The van der Waals surface area contributed by atoms with Gasteiger partial charge in [-0.1, -0.05) is 11.6 Å². The first-order valence-corrected chi connectivity index (χ1v) is 6.20. The summed E-state index contributed by atoms with van der Waals surface area (Å²) in [4.78, 5) is 28.2. The van der Waals surface area contributed by atoms with E-state index in [2.05, 4.69) is 4.98 Å². The van der Waals surface area contributed by atoms with Gasteiger partial charge in [-0.25, -0.2) is 9.78 Å². The molecular formula is C11H10Cl2N2O3. The molecule has 2 heterocycles. The zero-order valence-corrected chi connectivity index (χ0v) is 10.8. The number of halogens is 2. The number of alkyl halides is 1. The van der Waals surface area contributed by atoms with Crippen LogP contribution in [0.1, 0.15) is 16.8 Å². The summed E-state index contributed by atoms with van der Waals surface area (Å²) >= 11 is 11.5. The number of carboxylic acid groups (broad SMARTS) is 1. The third-order valence-corrected chi connectivity index (χ3v) is 3.40. The summed E-state index contributed by atoms with van der Waals surface area (Å²) in [5.41, 5.74) is -0.0389. The molecule has 1 aromatic rings. The first kappa shape index (κ1) is 13.1. The van der Waals surface area contributed by atoms with E-state index < -0.39 is 5.97 Å². The minimum Gasteiger partial charge on any atom is -0.478 e. The Hall–Kier alpha value is -1.33. The van der Waals surface area contributed by atoms with Gasteiger partial charge in [0.2, 0.25) is 5.91 Å². The van der Waals surface area contributed by atoms with Crippen molar-refractivity contribution in [3.8, 4) is 0 Å². The Morgan fingerprint density at radius 2 is 2.28 bits per heavy atom. The van der Waals surface area contributed by atoms with Crippen LogP contribution in [-0.2, 0) is 4.79 Å². The van der Waals surface area contributed by atoms with Crippen LogP contribution in [0.3, 0.4) is 0 Å². The number of aromatic carboxylic acids is 1. The summed E-state index contributed by atoms with van der Waals surface area (Å²) < 4.78 is 0. The van der Waals surface area contributed by atoms with Gasteiger partial charge in [-0.15, -0.1) is 11.6 Å². The number of hydrogen-bond donors (Lipinski definition) is 1. The molecule has 5 nitrogen and oxygen atoms in total. The predicted octanol–water partition coefficient (Wildman–Crippen LogP) is 2.02. The molecule has 0 spiro atoms. The van der Waals surface area contributed by atoms with Crippen LogP contribution in [0.25, 0.3) is 0 Å². The first-order valence-electron chi connectivity index (χ1n) is 5.29. The fourth-order valence-electron chi connectivity index (χ4n) is 1.89. The number of hydrogen-bond acceptors (Lipinski definition) is 3. The molecule has 1 saturated heterocycles. The molecule has 1 unspecified atom stereocenters. The SMILES string of the molecule is O=C(O)c1ccc(Cl)nc1N1CC(CCl)CC1=O. The van der Waals surface area contributed by atoms with Crippen molar-refractivity contribution in [2.75, 3.05) is 17.3 Å². The molecule has 2 rings (SSSR count). The molecule has 1 aliphatic heterocycles. The van der Waals surface area contributed by atoms with Crippen LogP contribution in [-0.4, -0.2) is 34.4 Å². The standard InChI is InChI=1S/C11H10Cl2N2O3/c12-4-6-3-9(16)15(5-6)10-7(11(17)18)1-2-8(13)14-10/h1-2,6H,3-5H2,(H,17,18). The highest BCUT2D eigenvalue weighted by molar-refractivity contribution is 6.29. The number of rotatable bonds is 3. The molecule has 1 aliphatic rings. The number of carbonyl (C=O) groups is 2. The number of amides is 1. The van der Waals surface area contributed by atoms with Gasteiger partial charge in [-0.05, 0) is 18.1 Å². The molecule has 96 valence electrons. The molecule has 1 N–H and O–H groups in total. The molecule has 0 aromatic carbocycles. The number of pyridine rings is 1. The summed E-state index contributed by atoms with van der Waals surface area (Å²) in [6.07, 6.45) is 0.302. The monoisotopic (exact) mass is 288 g/mol. The quantitative estimate of drug-likeness (QED) is 0.682. The van der Waals surface area contributed by atoms with E-state index in [0.29, 0.717) is 18.8 Å². The Bertz CT molecular complexity index is 507. The summed E-state index contributed by atoms with van der Waals surface area (Å²) in [6.45, 7) is 0.371. The highest BCUT2D eigenvalue weighted by Gasteiger charge is 2.33. The van der Waals surface area contributed by atoms with Crippen molar-refractivity contribution >= 4 is 40.9 Å². The van der Waals surface area contributed by atoms with Gasteiger partial charge in [0.1, 0.15) is 10.7 Å². The van der Waals surface area contributed by atoms with Crippen molar-refractivity contribution in [1.29, 1.82) is 0 Å². The topological polar surface area (TPSA) is 70.5 Å². The molecule has 1 amide bonds. The molecule has 1 aromatic heterocycles. The van der Waals surface area contributed by atoms with Crippen LogP contribution in [0.4, 0.5) is 5.82 Å². The van der Waals surface area contributed by atoms with Crippen LogP contribution in [0, 0.1) is 5.92 Å². The fourth-order valence-corrected chi connectivity index (χ4v) is 2.24. The maximum absolute atomic E-state index is 11.8. The van der Waals surface area contributed by atoms with Gasteiger partial charge in [0.15, 0.2) is 5.82 Å². The highest BCUT2D eigenvalue weighted by atomic mass is 35.5. The molecule has 1 fully saturated rings. The maximum Gasteiger partial charge on any atom is 0.339 e. The second-order valence-electron chi connectivity index (χ2n) is 4.04. The number of anilines is 1. The molecule has 0 saturated carbocycles. The average molecular weight is 289 g/mol. The maximum atomic E-state index is 11.8. The van der Waals surface area contributed by atoms with Crippen LogP contribution in [0.15, 0.2) is 12.1 Å². The minimum absolute atomic E-state index is 0.0154. The number of carbonyl (C=O) groups excluding carboxylic acids is 1.